The van der Waals surface area contributed by atoms with E-state index in [2.05, 4.69) is 10.3 Å². The number of nitrogens with one attached hydrogen (secondary N) is 1. The summed E-state index contributed by atoms with van der Waals surface area (Å²) in [5, 5.41) is 5.29. The highest BCUT2D eigenvalue weighted by atomic mass is 32.1. The summed E-state index contributed by atoms with van der Waals surface area (Å²) in [6, 6.07) is 8.11. The zero-order valence-corrected chi connectivity index (χ0v) is 14.0. The monoisotopic (exact) mass is 329 g/mol. The van der Waals surface area contributed by atoms with Crippen LogP contribution >= 0.6 is 11.3 Å². The average Bonchev–Trinajstić information content (AvgIpc) is 3.08. The zero-order chi connectivity index (χ0) is 16.4. The van der Waals surface area contributed by atoms with Crippen molar-refractivity contribution in [1.29, 1.82) is 0 Å². The Kier molecular flexibility index (Phi) is 4.43. The van der Waals surface area contributed by atoms with E-state index in [9.17, 15) is 9.59 Å². The second-order valence-electron chi connectivity index (χ2n) is 5.94. The van der Waals surface area contributed by atoms with Crippen molar-refractivity contribution < 1.29 is 9.59 Å². The molecule has 5 nitrogen and oxygen atoms in total. The number of anilines is 1. The topological polar surface area (TPSA) is 62.3 Å². The predicted octanol–water partition coefficient (Wildman–Crippen LogP) is 2.75. The zero-order valence-electron chi connectivity index (χ0n) is 13.2. The lowest BCUT2D eigenvalue weighted by Gasteiger charge is -2.16. The number of hydrogen-bond donors (Lipinski definition) is 1. The number of aromatic nitrogens is 1. The quantitative estimate of drug-likeness (QED) is 0.938. The molecule has 0 aliphatic carbocycles. The van der Waals surface area contributed by atoms with E-state index >= 15 is 0 Å². The van der Waals surface area contributed by atoms with E-state index in [4.69, 9.17) is 0 Å². The molecule has 1 aromatic carbocycles. The number of benzene rings is 1. The van der Waals surface area contributed by atoms with Crippen molar-refractivity contribution in [2.45, 2.75) is 26.8 Å². The average molecular weight is 329 g/mol. The van der Waals surface area contributed by atoms with E-state index in [1.54, 1.807) is 4.90 Å². The predicted molar refractivity (Wildman–Crippen MR) is 90.2 cm³/mol. The fourth-order valence-corrected chi connectivity index (χ4v) is 3.32. The van der Waals surface area contributed by atoms with Crippen molar-refractivity contribution in [3.8, 4) is 0 Å². The molecule has 0 unspecified atom stereocenters. The van der Waals surface area contributed by atoms with Crippen LogP contribution in [0.2, 0.25) is 0 Å². The minimum absolute atomic E-state index is 0.0287. The second kappa shape index (κ2) is 6.50. The molecule has 1 aliphatic rings. The lowest BCUT2D eigenvalue weighted by atomic mass is 10.1. The van der Waals surface area contributed by atoms with Gasteiger partial charge in [0.05, 0.1) is 11.6 Å². The first-order valence-corrected chi connectivity index (χ1v) is 8.45. The molecular weight excluding hydrogens is 310 g/mol. The number of thiazole rings is 1. The Labute approximate surface area is 139 Å². The first-order valence-electron chi connectivity index (χ1n) is 7.57. The molecule has 0 spiro atoms. The van der Waals surface area contributed by atoms with Crippen LogP contribution in [0.25, 0.3) is 0 Å². The maximum Gasteiger partial charge on any atom is 0.231 e. The number of carbonyl (C=O) groups excluding carboxylic acids is 2. The maximum absolute atomic E-state index is 12.3. The van der Waals surface area contributed by atoms with E-state index in [0.717, 1.165) is 11.3 Å². The van der Waals surface area contributed by atoms with Crippen LogP contribution in [0.15, 0.2) is 29.6 Å². The molecule has 0 radical (unpaired) electrons. The largest absolute Gasteiger partial charge is 0.338 e. The Bertz CT molecular complexity index is 724. The maximum atomic E-state index is 12.3. The lowest BCUT2D eigenvalue weighted by Crippen LogP contribution is -2.28. The Morgan fingerprint density at radius 2 is 2.09 bits per heavy atom. The minimum Gasteiger partial charge on any atom is -0.338 e. The molecule has 3 rings (SSSR count). The fourth-order valence-electron chi connectivity index (χ4n) is 2.63. The molecule has 1 fully saturated rings. The van der Waals surface area contributed by atoms with Gasteiger partial charge in [-0.25, -0.2) is 4.98 Å². The van der Waals surface area contributed by atoms with Gasteiger partial charge < -0.3 is 10.2 Å². The molecule has 1 aromatic heterocycles. The smallest absolute Gasteiger partial charge is 0.231 e. The van der Waals surface area contributed by atoms with Gasteiger partial charge in [-0.2, -0.15) is 0 Å². The molecule has 2 aromatic rings. The van der Waals surface area contributed by atoms with E-state index in [1.165, 1.54) is 16.9 Å². The van der Waals surface area contributed by atoms with Gasteiger partial charge in [0.15, 0.2) is 5.13 Å². The van der Waals surface area contributed by atoms with Gasteiger partial charge in [0.2, 0.25) is 11.8 Å². The minimum atomic E-state index is -0.308. The summed E-state index contributed by atoms with van der Waals surface area (Å²) in [6.45, 7) is 4.93. The molecule has 1 atom stereocenters. The third-order valence-corrected chi connectivity index (χ3v) is 4.80. The van der Waals surface area contributed by atoms with Crippen LogP contribution in [0, 0.1) is 19.8 Å². The van der Waals surface area contributed by atoms with Crippen LogP contribution in [0.1, 0.15) is 23.2 Å². The van der Waals surface area contributed by atoms with Crippen LogP contribution in [0.4, 0.5) is 5.13 Å². The normalized spacial score (nSPS) is 17.6. The van der Waals surface area contributed by atoms with E-state index in [0.29, 0.717) is 18.2 Å². The van der Waals surface area contributed by atoms with Gasteiger partial charge >= 0.3 is 0 Å². The van der Waals surface area contributed by atoms with Gasteiger partial charge in [-0.1, -0.05) is 29.8 Å². The van der Waals surface area contributed by atoms with Gasteiger partial charge in [-0.15, -0.1) is 11.3 Å². The van der Waals surface area contributed by atoms with Gasteiger partial charge in [-0.3, -0.25) is 9.59 Å². The SMILES string of the molecule is Cc1ccc(CN2C[C@H](C(=O)Nc3nc(C)cs3)CC2=O)cc1. The molecule has 2 amide bonds. The van der Waals surface area contributed by atoms with Crippen molar-refractivity contribution in [3.63, 3.8) is 0 Å². The summed E-state index contributed by atoms with van der Waals surface area (Å²) in [7, 11) is 0. The van der Waals surface area contributed by atoms with Crippen molar-refractivity contribution in [2.75, 3.05) is 11.9 Å². The number of nitrogens with zero attached hydrogens (tertiary/aromatic N) is 2. The summed E-state index contributed by atoms with van der Waals surface area (Å²) in [5.41, 5.74) is 3.16. The van der Waals surface area contributed by atoms with Gasteiger partial charge in [0, 0.05) is 24.9 Å². The molecule has 1 aliphatic heterocycles. The first-order chi connectivity index (χ1) is 11.0. The van der Waals surface area contributed by atoms with Crippen molar-refractivity contribution >= 4 is 28.3 Å². The molecule has 120 valence electrons. The van der Waals surface area contributed by atoms with E-state index < -0.39 is 0 Å². The molecule has 0 saturated carbocycles. The standard InChI is InChI=1S/C17H19N3O2S/c1-11-3-5-13(6-4-11)8-20-9-14(7-15(20)21)16(22)19-17-18-12(2)10-23-17/h3-6,10,14H,7-9H2,1-2H3,(H,18,19,22)/t14-/m1/s1. The van der Waals surface area contributed by atoms with Crippen molar-refractivity contribution in [3.05, 3.63) is 46.5 Å². The number of amides is 2. The van der Waals surface area contributed by atoms with E-state index in [1.807, 2.05) is 43.5 Å². The summed E-state index contributed by atoms with van der Waals surface area (Å²) in [6.07, 6.45) is 0.266. The van der Waals surface area contributed by atoms with Gasteiger partial charge in [0.25, 0.3) is 0 Å². The van der Waals surface area contributed by atoms with Crippen LogP contribution in [-0.2, 0) is 16.1 Å². The van der Waals surface area contributed by atoms with Crippen molar-refractivity contribution in [2.24, 2.45) is 5.92 Å². The molecular formula is C17H19N3O2S. The molecule has 0 bridgehead atoms. The number of rotatable bonds is 4. The second-order valence-corrected chi connectivity index (χ2v) is 6.80. The number of likely N-dealkylation sites (tertiary alicyclic amines) is 1. The Morgan fingerprint density at radius 1 is 1.35 bits per heavy atom. The van der Waals surface area contributed by atoms with Gasteiger partial charge in [0.1, 0.15) is 0 Å². The fraction of sp³-hybridized carbons (Fsp3) is 0.353. The third kappa shape index (κ3) is 3.76. The number of carbonyl (C=O) groups is 2. The number of aryl methyl sites for hydroxylation is 2. The summed E-state index contributed by atoms with van der Waals surface area (Å²) in [5.74, 6) is -0.405. The third-order valence-electron chi connectivity index (χ3n) is 3.93. The summed E-state index contributed by atoms with van der Waals surface area (Å²) >= 11 is 1.40. The highest BCUT2D eigenvalue weighted by Crippen LogP contribution is 2.23. The van der Waals surface area contributed by atoms with Gasteiger partial charge in [-0.05, 0) is 19.4 Å². The summed E-state index contributed by atoms with van der Waals surface area (Å²) in [4.78, 5) is 30.4. The van der Waals surface area contributed by atoms with Crippen LogP contribution in [0.3, 0.4) is 0 Å². The Balaban J connectivity index is 1.60. The highest BCUT2D eigenvalue weighted by Gasteiger charge is 2.34. The molecule has 6 heteroatoms. The molecule has 1 N–H and O–H groups in total. The summed E-state index contributed by atoms with van der Waals surface area (Å²) < 4.78 is 0. The highest BCUT2D eigenvalue weighted by molar-refractivity contribution is 7.13. The van der Waals surface area contributed by atoms with Crippen LogP contribution in [0.5, 0.6) is 0 Å². The molecule has 23 heavy (non-hydrogen) atoms. The molecule has 2 heterocycles. The van der Waals surface area contributed by atoms with Crippen LogP contribution in [-0.4, -0.2) is 28.2 Å². The Hall–Kier alpha value is -2.21. The number of hydrogen-bond acceptors (Lipinski definition) is 4. The van der Waals surface area contributed by atoms with Crippen LogP contribution < -0.4 is 5.32 Å². The molecule has 1 saturated heterocycles. The van der Waals surface area contributed by atoms with Crippen molar-refractivity contribution in [1.82, 2.24) is 9.88 Å². The lowest BCUT2D eigenvalue weighted by molar-refractivity contribution is -0.128. The van der Waals surface area contributed by atoms with E-state index in [-0.39, 0.29) is 24.2 Å². The Morgan fingerprint density at radius 3 is 2.74 bits per heavy atom. The first kappa shape index (κ1) is 15.7.